The van der Waals surface area contributed by atoms with Gasteiger partial charge in [0.2, 0.25) is 0 Å². The van der Waals surface area contributed by atoms with Crippen LogP contribution in [0, 0.1) is 6.92 Å². The van der Waals surface area contributed by atoms with Crippen LogP contribution in [0.1, 0.15) is 16.1 Å². The van der Waals surface area contributed by atoms with Crippen molar-refractivity contribution in [3.63, 3.8) is 0 Å². The van der Waals surface area contributed by atoms with Gasteiger partial charge in [0.1, 0.15) is 5.56 Å². The predicted molar refractivity (Wildman–Crippen MR) is 105 cm³/mol. The molecule has 0 spiro atoms. The predicted octanol–water partition coefficient (Wildman–Crippen LogP) is 2.34. The molecule has 0 aliphatic carbocycles. The standard InChI is InChI=1S/C18H16N10O2/c1-11-14(15(19)28(26-11)18-21-8-5-9-22-18)24-25-16-12(17(29)30-2)10-23-27(16)13-6-3-4-7-20-13/h3-10H,19H2,1-2H3. The van der Waals surface area contributed by atoms with Crippen LogP contribution in [-0.2, 0) is 4.74 Å². The Balaban J connectivity index is 1.79. The van der Waals surface area contributed by atoms with Gasteiger partial charge in [-0.1, -0.05) is 6.07 Å². The topological polar surface area (TPSA) is 151 Å². The van der Waals surface area contributed by atoms with Crippen molar-refractivity contribution in [1.82, 2.24) is 34.5 Å². The van der Waals surface area contributed by atoms with Gasteiger partial charge in [0, 0.05) is 18.6 Å². The Bertz CT molecular complexity index is 1210. The summed E-state index contributed by atoms with van der Waals surface area (Å²) in [7, 11) is 1.27. The molecule has 0 aliphatic rings. The van der Waals surface area contributed by atoms with E-state index in [0.717, 1.165) is 0 Å². The number of pyridine rings is 1. The third kappa shape index (κ3) is 3.37. The van der Waals surface area contributed by atoms with E-state index in [9.17, 15) is 4.79 Å². The van der Waals surface area contributed by atoms with Crippen molar-refractivity contribution in [3.8, 4) is 11.8 Å². The van der Waals surface area contributed by atoms with Crippen LogP contribution in [0.15, 0.2) is 59.3 Å². The Labute approximate surface area is 170 Å². The number of hydrogen-bond acceptors (Lipinski definition) is 10. The maximum Gasteiger partial charge on any atom is 0.343 e. The molecule has 12 heteroatoms. The number of anilines is 1. The summed E-state index contributed by atoms with van der Waals surface area (Å²) < 4.78 is 7.56. The minimum absolute atomic E-state index is 0.127. The maximum absolute atomic E-state index is 12.2. The van der Waals surface area contributed by atoms with Gasteiger partial charge < -0.3 is 10.5 Å². The molecular weight excluding hydrogens is 388 g/mol. The Morgan fingerprint density at radius 1 is 1.07 bits per heavy atom. The molecule has 150 valence electrons. The summed E-state index contributed by atoms with van der Waals surface area (Å²) in [5.41, 5.74) is 7.13. The second-order valence-corrected chi connectivity index (χ2v) is 5.95. The van der Waals surface area contributed by atoms with Crippen LogP contribution in [-0.4, -0.2) is 47.6 Å². The van der Waals surface area contributed by atoms with Gasteiger partial charge in [-0.25, -0.2) is 19.7 Å². The number of nitrogens with two attached hydrogens (primary N) is 1. The molecule has 0 amide bonds. The van der Waals surface area contributed by atoms with Gasteiger partial charge in [-0.3, -0.25) is 0 Å². The zero-order valence-corrected chi connectivity index (χ0v) is 16.0. The lowest BCUT2D eigenvalue weighted by atomic mass is 10.3. The minimum atomic E-state index is -0.607. The highest BCUT2D eigenvalue weighted by Gasteiger charge is 2.21. The van der Waals surface area contributed by atoms with Crippen LogP contribution in [0.2, 0.25) is 0 Å². The molecule has 0 unspecified atom stereocenters. The molecule has 0 aromatic carbocycles. The first-order valence-corrected chi connectivity index (χ1v) is 8.72. The monoisotopic (exact) mass is 404 g/mol. The summed E-state index contributed by atoms with van der Waals surface area (Å²) in [5, 5.41) is 17.0. The highest BCUT2D eigenvalue weighted by Crippen LogP contribution is 2.31. The van der Waals surface area contributed by atoms with Gasteiger partial charge >= 0.3 is 5.97 Å². The summed E-state index contributed by atoms with van der Waals surface area (Å²) in [5.74, 6) is 0.492. The fraction of sp³-hybridized carbons (Fsp3) is 0.111. The number of ether oxygens (including phenoxy) is 1. The molecule has 0 saturated heterocycles. The van der Waals surface area contributed by atoms with Gasteiger partial charge in [0.05, 0.1) is 19.0 Å². The number of nitrogen functional groups attached to an aromatic ring is 1. The van der Waals surface area contributed by atoms with Crippen LogP contribution in [0.3, 0.4) is 0 Å². The Kier molecular flexibility index (Phi) is 4.95. The molecule has 30 heavy (non-hydrogen) atoms. The molecule has 0 radical (unpaired) electrons. The second kappa shape index (κ2) is 7.87. The number of aromatic nitrogens is 7. The van der Waals surface area contributed by atoms with Crippen LogP contribution in [0.4, 0.5) is 17.3 Å². The average Bonchev–Trinajstić information content (AvgIpc) is 3.33. The number of methoxy groups -OCH3 is 1. The molecule has 4 rings (SSSR count). The van der Waals surface area contributed by atoms with E-state index in [4.69, 9.17) is 10.5 Å². The number of carbonyl (C=O) groups is 1. The summed E-state index contributed by atoms with van der Waals surface area (Å²) >= 11 is 0. The minimum Gasteiger partial charge on any atom is -0.465 e. The number of esters is 1. The number of carbonyl (C=O) groups excluding carboxylic acids is 1. The first-order valence-electron chi connectivity index (χ1n) is 8.72. The molecule has 0 atom stereocenters. The van der Waals surface area contributed by atoms with Crippen molar-refractivity contribution in [2.75, 3.05) is 12.8 Å². The number of hydrogen-bond donors (Lipinski definition) is 1. The fourth-order valence-corrected chi connectivity index (χ4v) is 2.65. The van der Waals surface area contributed by atoms with Crippen molar-refractivity contribution < 1.29 is 9.53 Å². The molecule has 0 saturated carbocycles. The van der Waals surface area contributed by atoms with Gasteiger partial charge in [0.25, 0.3) is 5.95 Å². The lowest BCUT2D eigenvalue weighted by molar-refractivity contribution is 0.0601. The van der Waals surface area contributed by atoms with E-state index in [2.05, 4.69) is 35.4 Å². The molecule has 0 aliphatic heterocycles. The largest absolute Gasteiger partial charge is 0.465 e. The van der Waals surface area contributed by atoms with Crippen LogP contribution >= 0.6 is 0 Å². The Hall–Kier alpha value is -4.48. The Morgan fingerprint density at radius 2 is 1.83 bits per heavy atom. The zero-order valence-electron chi connectivity index (χ0n) is 16.0. The van der Waals surface area contributed by atoms with Crippen LogP contribution in [0.5, 0.6) is 0 Å². The van der Waals surface area contributed by atoms with Crippen molar-refractivity contribution in [2.45, 2.75) is 6.92 Å². The van der Waals surface area contributed by atoms with Gasteiger partial charge in [-0.15, -0.1) is 10.2 Å². The number of aryl methyl sites for hydroxylation is 1. The summed E-state index contributed by atoms with van der Waals surface area (Å²) in [6.07, 6.45) is 6.09. The molecule has 12 nitrogen and oxygen atoms in total. The SMILES string of the molecule is COC(=O)c1cnn(-c2ccccn2)c1N=Nc1c(C)nn(-c2ncccn2)c1N. The fourth-order valence-electron chi connectivity index (χ4n) is 2.65. The van der Waals surface area contributed by atoms with Crippen LogP contribution in [0.25, 0.3) is 11.8 Å². The van der Waals surface area contributed by atoms with Gasteiger partial charge in [-0.05, 0) is 25.1 Å². The smallest absolute Gasteiger partial charge is 0.343 e. The molecule has 0 bridgehead atoms. The van der Waals surface area contributed by atoms with E-state index in [-0.39, 0.29) is 17.2 Å². The third-order valence-electron chi connectivity index (χ3n) is 4.07. The third-order valence-corrected chi connectivity index (χ3v) is 4.07. The van der Waals surface area contributed by atoms with E-state index in [0.29, 0.717) is 23.1 Å². The summed E-state index contributed by atoms with van der Waals surface area (Å²) in [6.45, 7) is 1.72. The summed E-state index contributed by atoms with van der Waals surface area (Å²) in [6, 6.07) is 6.95. The van der Waals surface area contributed by atoms with Crippen LogP contribution < -0.4 is 5.73 Å². The second-order valence-electron chi connectivity index (χ2n) is 5.95. The molecule has 4 aromatic rings. The highest BCUT2D eigenvalue weighted by molar-refractivity contribution is 5.94. The highest BCUT2D eigenvalue weighted by atomic mass is 16.5. The average molecular weight is 404 g/mol. The van der Waals surface area contributed by atoms with Gasteiger partial charge in [0.15, 0.2) is 23.1 Å². The van der Waals surface area contributed by atoms with E-state index >= 15 is 0 Å². The number of rotatable bonds is 5. The van der Waals surface area contributed by atoms with E-state index in [1.54, 1.807) is 49.8 Å². The zero-order chi connectivity index (χ0) is 21.1. The van der Waals surface area contributed by atoms with Crippen molar-refractivity contribution in [1.29, 1.82) is 0 Å². The molecule has 2 N–H and O–H groups in total. The molecule has 0 fully saturated rings. The summed E-state index contributed by atoms with van der Waals surface area (Å²) in [4.78, 5) is 24.6. The molecule has 4 heterocycles. The van der Waals surface area contributed by atoms with E-state index in [1.807, 2.05) is 0 Å². The maximum atomic E-state index is 12.2. The van der Waals surface area contributed by atoms with E-state index < -0.39 is 5.97 Å². The van der Waals surface area contributed by atoms with Gasteiger partial charge in [-0.2, -0.15) is 19.6 Å². The normalized spacial score (nSPS) is 11.1. The first kappa shape index (κ1) is 18.9. The lowest BCUT2D eigenvalue weighted by Crippen LogP contribution is -2.05. The lowest BCUT2D eigenvalue weighted by Gasteiger charge is -2.03. The van der Waals surface area contributed by atoms with Crippen molar-refractivity contribution >= 4 is 23.3 Å². The molecule has 4 aromatic heterocycles. The van der Waals surface area contributed by atoms with E-state index in [1.165, 1.54) is 22.7 Å². The number of azo groups is 1. The Morgan fingerprint density at radius 3 is 2.53 bits per heavy atom. The van der Waals surface area contributed by atoms with Crippen molar-refractivity contribution in [2.24, 2.45) is 10.2 Å². The van der Waals surface area contributed by atoms with Crippen molar-refractivity contribution in [3.05, 3.63) is 60.3 Å². The first-order chi connectivity index (χ1) is 14.6. The number of nitrogens with zero attached hydrogens (tertiary/aromatic N) is 9. The molecular formula is C18H16N10O2. The quantitative estimate of drug-likeness (QED) is 0.393.